The van der Waals surface area contributed by atoms with E-state index < -0.39 is 10.0 Å². The fourth-order valence-corrected chi connectivity index (χ4v) is 3.34. The molecule has 1 fully saturated rings. The molecule has 1 N–H and O–H groups in total. The monoisotopic (exact) mass is 262 g/mol. The maximum atomic E-state index is 11.9. The number of hydrogen-bond donors (Lipinski definition) is 1. The Morgan fingerprint density at radius 3 is 2.53 bits per heavy atom. The first-order valence-corrected chi connectivity index (χ1v) is 8.32. The topological polar surface area (TPSA) is 49.4 Å². The molecule has 17 heavy (non-hydrogen) atoms. The molecule has 102 valence electrons. The second kappa shape index (κ2) is 7.34. The van der Waals surface area contributed by atoms with Crippen molar-refractivity contribution in [3.05, 3.63) is 0 Å². The number of nitrogens with one attached hydrogen (secondary N) is 1. The maximum Gasteiger partial charge on any atom is 0.213 e. The fraction of sp³-hybridized carbons (Fsp3) is 1.00. The normalized spacial score (nSPS) is 17.4. The SMILES string of the molecule is CCNCCCCS(=O)(=O)N(C)CC1CCC1. The third-order valence-electron chi connectivity index (χ3n) is 3.47. The van der Waals surface area contributed by atoms with Crippen molar-refractivity contribution in [2.45, 2.75) is 39.0 Å². The molecule has 0 bridgehead atoms. The Labute approximate surface area is 106 Å². The maximum absolute atomic E-state index is 11.9. The highest BCUT2D eigenvalue weighted by Crippen LogP contribution is 2.27. The van der Waals surface area contributed by atoms with Crippen molar-refractivity contribution in [3.63, 3.8) is 0 Å². The van der Waals surface area contributed by atoms with E-state index in [2.05, 4.69) is 12.2 Å². The van der Waals surface area contributed by atoms with Gasteiger partial charge in [-0.25, -0.2) is 12.7 Å². The van der Waals surface area contributed by atoms with Crippen LogP contribution in [0.25, 0.3) is 0 Å². The lowest BCUT2D eigenvalue weighted by Crippen LogP contribution is -2.35. The van der Waals surface area contributed by atoms with Crippen LogP contribution >= 0.6 is 0 Å². The molecule has 5 heteroatoms. The predicted octanol–water partition coefficient (Wildman–Crippen LogP) is 1.44. The number of rotatable bonds is 9. The van der Waals surface area contributed by atoms with Crippen LogP contribution in [-0.4, -0.2) is 45.2 Å². The highest BCUT2D eigenvalue weighted by atomic mass is 32.2. The zero-order valence-electron chi connectivity index (χ0n) is 11.1. The largest absolute Gasteiger partial charge is 0.317 e. The second-order valence-corrected chi connectivity index (χ2v) is 7.15. The first-order valence-electron chi connectivity index (χ1n) is 6.71. The van der Waals surface area contributed by atoms with E-state index in [0.717, 1.165) is 32.5 Å². The lowest BCUT2D eigenvalue weighted by molar-refractivity contribution is 0.263. The number of hydrogen-bond acceptors (Lipinski definition) is 3. The van der Waals surface area contributed by atoms with E-state index in [4.69, 9.17) is 0 Å². The number of nitrogens with zero attached hydrogens (tertiary/aromatic N) is 1. The quantitative estimate of drug-likeness (QED) is 0.640. The summed E-state index contributed by atoms with van der Waals surface area (Å²) in [4.78, 5) is 0. The molecule has 0 heterocycles. The standard InChI is InChI=1S/C12H26N2O2S/c1-3-13-9-4-5-10-17(15,16)14(2)11-12-7-6-8-12/h12-13H,3-11H2,1-2H3. The molecule has 0 aromatic rings. The van der Waals surface area contributed by atoms with E-state index in [0.29, 0.717) is 11.7 Å². The minimum absolute atomic E-state index is 0.293. The summed E-state index contributed by atoms with van der Waals surface area (Å²) in [6, 6.07) is 0. The van der Waals surface area contributed by atoms with E-state index >= 15 is 0 Å². The summed E-state index contributed by atoms with van der Waals surface area (Å²) in [7, 11) is -1.29. The molecule has 1 rings (SSSR count). The van der Waals surface area contributed by atoms with Crippen molar-refractivity contribution in [2.24, 2.45) is 5.92 Å². The molecule has 0 aromatic heterocycles. The van der Waals surface area contributed by atoms with Gasteiger partial charge in [-0.1, -0.05) is 13.3 Å². The van der Waals surface area contributed by atoms with Crippen molar-refractivity contribution in [2.75, 3.05) is 32.4 Å². The minimum Gasteiger partial charge on any atom is -0.317 e. The Bertz CT molecular complexity index is 300. The highest BCUT2D eigenvalue weighted by Gasteiger charge is 2.24. The Morgan fingerprint density at radius 1 is 1.29 bits per heavy atom. The first-order chi connectivity index (χ1) is 8.06. The van der Waals surface area contributed by atoms with Crippen LogP contribution in [0.4, 0.5) is 0 Å². The average Bonchev–Trinajstić information content (AvgIpc) is 2.22. The van der Waals surface area contributed by atoms with E-state index in [-0.39, 0.29) is 0 Å². The van der Waals surface area contributed by atoms with Gasteiger partial charge in [0.2, 0.25) is 10.0 Å². The van der Waals surface area contributed by atoms with Crippen LogP contribution in [0.1, 0.15) is 39.0 Å². The van der Waals surface area contributed by atoms with Crippen LogP contribution in [0.5, 0.6) is 0 Å². The summed E-state index contributed by atoms with van der Waals surface area (Å²) in [5.41, 5.74) is 0. The summed E-state index contributed by atoms with van der Waals surface area (Å²) in [5, 5.41) is 3.21. The van der Waals surface area contributed by atoms with Crippen molar-refractivity contribution in [1.82, 2.24) is 9.62 Å². The summed E-state index contributed by atoms with van der Waals surface area (Å²) >= 11 is 0. The van der Waals surface area contributed by atoms with Gasteiger partial charge in [0.15, 0.2) is 0 Å². The van der Waals surface area contributed by atoms with Crippen molar-refractivity contribution >= 4 is 10.0 Å². The lowest BCUT2D eigenvalue weighted by Gasteiger charge is -2.29. The summed E-state index contributed by atoms with van der Waals surface area (Å²) < 4.78 is 25.4. The van der Waals surface area contributed by atoms with Gasteiger partial charge in [-0.05, 0) is 44.7 Å². The average molecular weight is 262 g/mol. The van der Waals surface area contributed by atoms with Gasteiger partial charge in [0.25, 0.3) is 0 Å². The molecule has 0 unspecified atom stereocenters. The Balaban J connectivity index is 2.19. The molecule has 0 aromatic carbocycles. The predicted molar refractivity (Wildman–Crippen MR) is 71.5 cm³/mol. The van der Waals surface area contributed by atoms with Gasteiger partial charge in [0, 0.05) is 13.6 Å². The molecule has 1 saturated carbocycles. The van der Waals surface area contributed by atoms with E-state index in [9.17, 15) is 8.42 Å². The van der Waals surface area contributed by atoms with Crippen LogP contribution in [-0.2, 0) is 10.0 Å². The first kappa shape index (κ1) is 14.9. The number of unbranched alkanes of at least 4 members (excludes halogenated alkanes) is 1. The van der Waals surface area contributed by atoms with Gasteiger partial charge in [0.1, 0.15) is 0 Å². The molecule has 0 spiro atoms. The van der Waals surface area contributed by atoms with Crippen LogP contribution < -0.4 is 5.32 Å². The summed E-state index contributed by atoms with van der Waals surface area (Å²) in [6.45, 7) is 4.64. The lowest BCUT2D eigenvalue weighted by atomic mass is 9.86. The van der Waals surface area contributed by atoms with E-state index in [1.165, 1.54) is 19.3 Å². The van der Waals surface area contributed by atoms with Gasteiger partial charge in [-0.2, -0.15) is 0 Å². The van der Waals surface area contributed by atoms with Gasteiger partial charge >= 0.3 is 0 Å². The van der Waals surface area contributed by atoms with Crippen LogP contribution in [0, 0.1) is 5.92 Å². The Morgan fingerprint density at radius 2 is 2.00 bits per heavy atom. The van der Waals surface area contributed by atoms with E-state index in [1.807, 2.05) is 0 Å². The van der Waals surface area contributed by atoms with Crippen molar-refractivity contribution in [3.8, 4) is 0 Å². The van der Waals surface area contributed by atoms with Crippen LogP contribution in [0.2, 0.25) is 0 Å². The van der Waals surface area contributed by atoms with Gasteiger partial charge in [-0.15, -0.1) is 0 Å². The molecule has 0 saturated heterocycles. The van der Waals surface area contributed by atoms with Crippen LogP contribution in [0.3, 0.4) is 0 Å². The molecular weight excluding hydrogens is 236 g/mol. The van der Waals surface area contributed by atoms with E-state index in [1.54, 1.807) is 11.4 Å². The number of sulfonamides is 1. The summed E-state index contributed by atoms with van der Waals surface area (Å²) in [6.07, 6.45) is 5.34. The zero-order valence-corrected chi connectivity index (χ0v) is 11.9. The fourth-order valence-electron chi connectivity index (χ4n) is 2.02. The Kier molecular flexibility index (Phi) is 6.44. The zero-order chi connectivity index (χ0) is 12.7. The Hall–Kier alpha value is -0.130. The van der Waals surface area contributed by atoms with Gasteiger partial charge < -0.3 is 5.32 Å². The molecule has 1 aliphatic carbocycles. The molecule has 1 aliphatic rings. The summed E-state index contributed by atoms with van der Waals surface area (Å²) in [5.74, 6) is 0.901. The molecule has 0 aliphatic heterocycles. The molecule has 0 amide bonds. The molecule has 0 atom stereocenters. The van der Waals surface area contributed by atoms with Crippen molar-refractivity contribution < 1.29 is 8.42 Å². The minimum atomic E-state index is -3.01. The highest BCUT2D eigenvalue weighted by molar-refractivity contribution is 7.89. The molecule has 0 radical (unpaired) electrons. The van der Waals surface area contributed by atoms with Crippen molar-refractivity contribution in [1.29, 1.82) is 0 Å². The third-order valence-corrected chi connectivity index (χ3v) is 5.37. The van der Waals surface area contributed by atoms with Crippen LogP contribution in [0.15, 0.2) is 0 Å². The second-order valence-electron chi connectivity index (χ2n) is 4.95. The van der Waals surface area contributed by atoms with Gasteiger partial charge in [0.05, 0.1) is 5.75 Å². The smallest absolute Gasteiger partial charge is 0.213 e. The third kappa shape index (κ3) is 5.36. The molecular formula is C12H26N2O2S. The van der Waals surface area contributed by atoms with Gasteiger partial charge in [-0.3, -0.25) is 0 Å². The molecule has 4 nitrogen and oxygen atoms in total.